The number of hydrogen-bond donors (Lipinski definition) is 0. The number of methoxy groups -OCH3 is 2. The van der Waals surface area contributed by atoms with Crippen molar-refractivity contribution in [1.82, 2.24) is 9.97 Å². The molecule has 9 heteroatoms. The monoisotopic (exact) mass is 294 g/mol. The summed E-state index contributed by atoms with van der Waals surface area (Å²) >= 11 is 0. The number of ketones is 1. The van der Waals surface area contributed by atoms with Gasteiger partial charge in [0.05, 0.1) is 27.0 Å². The molecule has 0 bridgehead atoms. The number of hydrogen-bond acceptors (Lipinski definition) is 6. The van der Waals surface area contributed by atoms with E-state index < -0.39 is 18.6 Å². The molecule has 0 aliphatic rings. The van der Waals surface area contributed by atoms with Crippen LogP contribution in [0.2, 0.25) is 0 Å². The van der Waals surface area contributed by atoms with Crippen LogP contribution in [0, 0.1) is 0 Å². The van der Waals surface area contributed by atoms with E-state index in [0.29, 0.717) is 0 Å². The van der Waals surface area contributed by atoms with Crippen molar-refractivity contribution < 1.29 is 32.2 Å². The first-order chi connectivity index (χ1) is 9.37. The normalized spacial score (nSPS) is 11.2. The molecule has 0 saturated heterocycles. The first-order valence-corrected chi connectivity index (χ1v) is 5.50. The van der Waals surface area contributed by atoms with E-state index in [1.807, 2.05) is 0 Å². The Morgan fingerprint density at radius 2 is 2.00 bits per heavy atom. The van der Waals surface area contributed by atoms with Crippen LogP contribution in [0.25, 0.3) is 0 Å². The number of carbonyl (C=O) groups excluding carboxylic acids is 1. The summed E-state index contributed by atoms with van der Waals surface area (Å²) in [5.74, 6) is -0.420. The fourth-order valence-corrected chi connectivity index (χ4v) is 1.26. The quantitative estimate of drug-likeness (QED) is 0.562. The van der Waals surface area contributed by atoms with E-state index in [1.54, 1.807) is 0 Å². The van der Waals surface area contributed by atoms with Gasteiger partial charge in [-0.25, -0.2) is 4.98 Å². The van der Waals surface area contributed by atoms with Gasteiger partial charge >= 0.3 is 6.18 Å². The standard InChI is InChI=1S/C11H13F3N2O4/c1-18-8-5-15-9(10(16-8)19-2)7(17)3-4-20-6-11(12,13)14/h5H,3-4,6H2,1-2H3. The van der Waals surface area contributed by atoms with Crippen LogP contribution in [0.5, 0.6) is 11.8 Å². The zero-order chi connectivity index (χ0) is 15.2. The fraction of sp³-hybridized carbons (Fsp3) is 0.545. The molecule has 20 heavy (non-hydrogen) atoms. The maximum Gasteiger partial charge on any atom is 0.411 e. The number of alkyl halides is 3. The van der Waals surface area contributed by atoms with E-state index >= 15 is 0 Å². The van der Waals surface area contributed by atoms with Gasteiger partial charge in [-0.3, -0.25) is 4.79 Å². The lowest BCUT2D eigenvalue weighted by molar-refractivity contribution is -0.173. The average molecular weight is 294 g/mol. The molecule has 0 aromatic carbocycles. The molecule has 0 aliphatic heterocycles. The predicted molar refractivity (Wildman–Crippen MR) is 61.0 cm³/mol. The smallest absolute Gasteiger partial charge is 0.411 e. The number of carbonyl (C=O) groups is 1. The number of rotatable bonds is 7. The van der Waals surface area contributed by atoms with Crippen molar-refractivity contribution in [2.24, 2.45) is 0 Å². The Morgan fingerprint density at radius 1 is 1.30 bits per heavy atom. The molecule has 0 saturated carbocycles. The third-order valence-electron chi connectivity index (χ3n) is 2.12. The maximum absolute atomic E-state index is 11.8. The first kappa shape index (κ1) is 16.2. The second-order valence-electron chi connectivity index (χ2n) is 3.61. The van der Waals surface area contributed by atoms with Crippen molar-refractivity contribution in [3.63, 3.8) is 0 Å². The Bertz CT molecular complexity index is 465. The van der Waals surface area contributed by atoms with Crippen LogP contribution in [0.4, 0.5) is 13.2 Å². The molecule has 0 aliphatic carbocycles. The molecule has 0 N–H and O–H groups in total. The zero-order valence-electron chi connectivity index (χ0n) is 10.9. The molecular weight excluding hydrogens is 281 g/mol. The zero-order valence-corrected chi connectivity index (χ0v) is 10.9. The number of Topliss-reactive ketones (excluding diaryl/α,β-unsaturated/α-hetero) is 1. The van der Waals surface area contributed by atoms with E-state index in [4.69, 9.17) is 9.47 Å². The molecule has 0 spiro atoms. The number of aromatic nitrogens is 2. The van der Waals surface area contributed by atoms with Crippen molar-refractivity contribution in [1.29, 1.82) is 0 Å². The molecule has 6 nitrogen and oxygen atoms in total. The molecule has 0 atom stereocenters. The van der Waals surface area contributed by atoms with Gasteiger partial charge < -0.3 is 14.2 Å². The molecule has 0 amide bonds. The number of halogens is 3. The van der Waals surface area contributed by atoms with Crippen LogP contribution in [0.15, 0.2) is 6.20 Å². The molecule has 0 radical (unpaired) electrons. The molecule has 1 aromatic rings. The number of ether oxygens (including phenoxy) is 3. The lowest BCUT2D eigenvalue weighted by atomic mass is 10.2. The van der Waals surface area contributed by atoms with Crippen LogP contribution in [0.1, 0.15) is 16.9 Å². The summed E-state index contributed by atoms with van der Waals surface area (Å²) in [6.07, 6.45) is -3.46. The second-order valence-corrected chi connectivity index (χ2v) is 3.61. The highest BCUT2D eigenvalue weighted by atomic mass is 19.4. The SMILES string of the molecule is COc1cnc(C(=O)CCOCC(F)(F)F)c(OC)n1. The van der Waals surface area contributed by atoms with E-state index in [9.17, 15) is 18.0 Å². The Hall–Kier alpha value is -1.90. The molecular formula is C11H13F3N2O4. The van der Waals surface area contributed by atoms with Gasteiger partial charge in [-0.1, -0.05) is 0 Å². The highest BCUT2D eigenvalue weighted by Crippen LogP contribution is 2.19. The Labute approximate surface area is 112 Å². The third-order valence-corrected chi connectivity index (χ3v) is 2.12. The van der Waals surface area contributed by atoms with Crippen LogP contribution in [-0.2, 0) is 4.74 Å². The van der Waals surface area contributed by atoms with Crippen molar-refractivity contribution in [3.8, 4) is 11.8 Å². The van der Waals surface area contributed by atoms with Gasteiger partial charge in [0.1, 0.15) is 6.61 Å². The Morgan fingerprint density at radius 3 is 2.55 bits per heavy atom. The average Bonchev–Trinajstić information content (AvgIpc) is 2.41. The van der Waals surface area contributed by atoms with Gasteiger partial charge in [-0.15, -0.1) is 0 Å². The summed E-state index contributed by atoms with van der Waals surface area (Å²) in [5.41, 5.74) is -0.0797. The third kappa shape index (κ3) is 5.00. The maximum atomic E-state index is 11.8. The molecule has 1 aromatic heterocycles. The van der Waals surface area contributed by atoms with Crippen LogP contribution >= 0.6 is 0 Å². The largest absolute Gasteiger partial charge is 0.480 e. The van der Waals surface area contributed by atoms with Crippen molar-refractivity contribution in [3.05, 3.63) is 11.9 Å². The predicted octanol–water partition coefficient (Wildman–Crippen LogP) is 1.65. The lowest BCUT2D eigenvalue weighted by Crippen LogP contribution is -2.18. The van der Waals surface area contributed by atoms with E-state index in [2.05, 4.69) is 14.7 Å². The van der Waals surface area contributed by atoms with Crippen molar-refractivity contribution in [2.45, 2.75) is 12.6 Å². The first-order valence-electron chi connectivity index (χ1n) is 5.50. The van der Waals surface area contributed by atoms with E-state index in [1.165, 1.54) is 20.4 Å². The minimum atomic E-state index is -4.42. The molecule has 0 fully saturated rings. The van der Waals surface area contributed by atoms with Crippen LogP contribution in [0.3, 0.4) is 0 Å². The minimum Gasteiger partial charge on any atom is -0.480 e. The molecule has 1 heterocycles. The Kier molecular flexibility index (Phi) is 5.68. The minimum absolute atomic E-state index is 0.0508. The van der Waals surface area contributed by atoms with Gasteiger partial charge in [0, 0.05) is 6.42 Å². The Balaban J connectivity index is 2.59. The van der Waals surface area contributed by atoms with Gasteiger partial charge in [0.2, 0.25) is 11.8 Å². The summed E-state index contributed by atoms with van der Waals surface area (Å²) in [7, 11) is 2.66. The summed E-state index contributed by atoms with van der Waals surface area (Å²) in [4.78, 5) is 19.4. The summed E-state index contributed by atoms with van der Waals surface area (Å²) < 4.78 is 49.6. The second kappa shape index (κ2) is 7.04. The van der Waals surface area contributed by atoms with Gasteiger partial charge in [0.25, 0.3) is 0 Å². The summed E-state index contributed by atoms with van der Waals surface area (Å²) in [5, 5.41) is 0. The van der Waals surface area contributed by atoms with Gasteiger partial charge in [-0.2, -0.15) is 18.2 Å². The molecule has 0 unspecified atom stereocenters. The van der Waals surface area contributed by atoms with Crippen LogP contribution in [-0.4, -0.2) is 49.4 Å². The summed E-state index contributed by atoms with van der Waals surface area (Å²) in [6, 6.07) is 0. The van der Waals surface area contributed by atoms with Gasteiger partial charge in [-0.05, 0) is 0 Å². The van der Waals surface area contributed by atoms with E-state index in [-0.39, 0.29) is 30.5 Å². The van der Waals surface area contributed by atoms with E-state index in [0.717, 1.165) is 0 Å². The summed E-state index contributed by atoms with van der Waals surface area (Å²) in [6.45, 7) is -1.76. The molecule has 1 rings (SSSR count). The lowest BCUT2D eigenvalue weighted by Gasteiger charge is -2.08. The number of nitrogens with zero attached hydrogens (tertiary/aromatic N) is 2. The fourth-order valence-electron chi connectivity index (χ4n) is 1.26. The molecule has 112 valence electrons. The van der Waals surface area contributed by atoms with Gasteiger partial charge in [0.15, 0.2) is 11.5 Å². The highest BCUT2D eigenvalue weighted by Gasteiger charge is 2.27. The topological polar surface area (TPSA) is 70.5 Å². The van der Waals surface area contributed by atoms with Crippen LogP contribution < -0.4 is 9.47 Å². The van der Waals surface area contributed by atoms with Crippen molar-refractivity contribution in [2.75, 3.05) is 27.4 Å². The highest BCUT2D eigenvalue weighted by molar-refractivity contribution is 5.96. The van der Waals surface area contributed by atoms with Crippen molar-refractivity contribution >= 4 is 5.78 Å².